The lowest BCUT2D eigenvalue weighted by atomic mass is 10.1. The molecule has 0 aromatic carbocycles. The van der Waals surface area contributed by atoms with Gasteiger partial charge in [0.15, 0.2) is 5.60 Å². The Kier molecular flexibility index (Phi) is 6.78. The lowest BCUT2D eigenvalue weighted by Crippen LogP contribution is -2.49. The molecule has 0 aromatic heterocycles. The maximum absolute atomic E-state index is 11.8. The van der Waals surface area contributed by atoms with Crippen molar-refractivity contribution < 1.29 is 28.6 Å². The van der Waals surface area contributed by atoms with Gasteiger partial charge in [0.1, 0.15) is 6.61 Å². The van der Waals surface area contributed by atoms with Gasteiger partial charge in [0.2, 0.25) is 0 Å². The van der Waals surface area contributed by atoms with Crippen molar-refractivity contribution in [2.24, 2.45) is 0 Å². The quantitative estimate of drug-likeness (QED) is 0.490. The Balaban J connectivity index is 4.51. The molecule has 19 heavy (non-hydrogen) atoms. The molecule has 1 amide bonds. The summed E-state index contributed by atoms with van der Waals surface area (Å²) in [7, 11) is 5.67. The zero-order valence-electron chi connectivity index (χ0n) is 11.8. The van der Waals surface area contributed by atoms with Crippen molar-refractivity contribution in [3.63, 3.8) is 0 Å². The summed E-state index contributed by atoms with van der Waals surface area (Å²) in [6.07, 6.45) is 1.85. The summed E-state index contributed by atoms with van der Waals surface area (Å²) >= 11 is 0. The van der Waals surface area contributed by atoms with Crippen LogP contribution in [0.1, 0.15) is 6.92 Å². The first-order valence-electron chi connectivity index (χ1n) is 5.46. The molecule has 0 saturated carbocycles. The van der Waals surface area contributed by atoms with Crippen molar-refractivity contribution in [1.82, 2.24) is 4.90 Å². The first-order chi connectivity index (χ1) is 8.76. The lowest BCUT2D eigenvalue weighted by molar-refractivity contribution is -0.162. The molecule has 108 valence electrons. The number of likely N-dealkylation sites (N-methyl/N-ethyl adjacent to an activating group) is 1. The summed E-state index contributed by atoms with van der Waals surface area (Å²) in [5, 5.41) is 0. The average molecular weight is 273 g/mol. The van der Waals surface area contributed by atoms with Crippen LogP contribution in [0.2, 0.25) is 0 Å². The lowest BCUT2D eigenvalue weighted by Gasteiger charge is -2.28. The maximum atomic E-state index is 11.8. The van der Waals surface area contributed by atoms with Crippen molar-refractivity contribution in [3.8, 4) is 0 Å². The average Bonchev–Trinajstić information content (AvgIpc) is 2.40. The van der Waals surface area contributed by atoms with Gasteiger partial charge in [-0.2, -0.15) is 0 Å². The SMILES string of the molecule is COC(=O)/C=C/C(=O)OCC(C)(OC)C(=O)N(C)C. The number of carbonyl (C=O) groups is 3. The minimum absolute atomic E-state index is 0.259. The van der Waals surface area contributed by atoms with Crippen LogP contribution in [0.25, 0.3) is 0 Å². The highest BCUT2D eigenvalue weighted by Crippen LogP contribution is 2.13. The van der Waals surface area contributed by atoms with E-state index in [4.69, 9.17) is 9.47 Å². The number of amides is 1. The number of rotatable bonds is 6. The van der Waals surface area contributed by atoms with E-state index in [1.807, 2.05) is 0 Å². The minimum atomic E-state index is -1.27. The molecule has 0 rings (SSSR count). The summed E-state index contributed by atoms with van der Waals surface area (Å²) in [4.78, 5) is 35.3. The molecule has 7 heteroatoms. The largest absolute Gasteiger partial charge is 0.466 e. The molecule has 0 fully saturated rings. The second-order valence-corrected chi connectivity index (χ2v) is 4.10. The normalized spacial score (nSPS) is 13.7. The fourth-order valence-corrected chi connectivity index (χ4v) is 1.14. The van der Waals surface area contributed by atoms with Crippen LogP contribution in [0.4, 0.5) is 0 Å². The number of methoxy groups -OCH3 is 2. The highest BCUT2D eigenvalue weighted by molar-refractivity contribution is 5.92. The van der Waals surface area contributed by atoms with Crippen LogP contribution in [0.15, 0.2) is 12.2 Å². The van der Waals surface area contributed by atoms with Crippen molar-refractivity contribution in [2.75, 3.05) is 34.9 Å². The minimum Gasteiger partial charge on any atom is -0.466 e. The van der Waals surface area contributed by atoms with E-state index in [2.05, 4.69) is 4.74 Å². The Morgan fingerprint density at radius 1 is 1.11 bits per heavy atom. The van der Waals surface area contributed by atoms with Crippen molar-refractivity contribution >= 4 is 17.8 Å². The van der Waals surface area contributed by atoms with Crippen LogP contribution in [-0.4, -0.2) is 63.3 Å². The third-order valence-corrected chi connectivity index (χ3v) is 2.36. The van der Waals surface area contributed by atoms with E-state index in [0.29, 0.717) is 0 Å². The molecule has 0 aromatic rings. The van der Waals surface area contributed by atoms with Gasteiger partial charge >= 0.3 is 11.9 Å². The number of esters is 2. The van der Waals surface area contributed by atoms with Crippen LogP contribution < -0.4 is 0 Å². The highest BCUT2D eigenvalue weighted by Gasteiger charge is 2.36. The summed E-state index contributed by atoms with van der Waals surface area (Å²) in [5.41, 5.74) is -1.27. The van der Waals surface area contributed by atoms with E-state index in [9.17, 15) is 14.4 Å². The van der Waals surface area contributed by atoms with Gasteiger partial charge in [-0.15, -0.1) is 0 Å². The van der Waals surface area contributed by atoms with E-state index < -0.39 is 17.5 Å². The molecular formula is C12H19NO6. The zero-order chi connectivity index (χ0) is 15.1. The monoisotopic (exact) mass is 273 g/mol. The molecule has 0 aliphatic heterocycles. The predicted molar refractivity (Wildman–Crippen MR) is 66.2 cm³/mol. The Morgan fingerprint density at radius 3 is 2.05 bits per heavy atom. The van der Waals surface area contributed by atoms with Gasteiger partial charge in [-0.1, -0.05) is 0 Å². The molecule has 7 nitrogen and oxygen atoms in total. The van der Waals surface area contributed by atoms with Crippen LogP contribution in [0.3, 0.4) is 0 Å². The number of carbonyl (C=O) groups excluding carboxylic acids is 3. The smallest absolute Gasteiger partial charge is 0.331 e. The first kappa shape index (κ1) is 17.1. The molecule has 1 unspecified atom stereocenters. The Morgan fingerprint density at radius 2 is 1.63 bits per heavy atom. The number of ether oxygens (including phenoxy) is 3. The van der Waals surface area contributed by atoms with E-state index in [1.165, 1.54) is 26.0 Å². The number of hydrogen-bond donors (Lipinski definition) is 0. The van der Waals surface area contributed by atoms with Crippen molar-refractivity contribution in [2.45, 2.75) is 12.5 Å². The Bertz CT molecular complexity index is 376. The Labute approximate surface area is 112 Å². The van der Waals surface area contributed by atoms with Gasteiger partial charge in [0.25, 0.3) is 5.91 Å². The third kappa shape index (κ3) is 5.52. The van der Waals surface area contributed by atoms with Gasteiger partial charge < -0.3 is 19.1 Å². The standard InChI is InChI=1S/C12H19NO6/c1-12(18-5,11(16)13(2)3)8-19-10(15)7-6-9(14)17-4/h6-7H,8H2,1-5H3/b7-6+. The third-order valence-electron chi connectivity index (χ3n) is 2.36. The van der Waals surface area contributed by atoms with Crippen molar-refractivity contribution in [1.29, 1.82) is 0 Å². The second kappa shape index (κ2) is 7.52. The van der Waals surface area contributed by atoms with Gasteiger partial charge in [0, 0.05) is 33.4 Å². The summed E-state index contributed by atoms with van der Waals surface area (Å²) in [6.45, 7) is 1.25. The molecule has 0 saturated heterocycles. The van der Waals surface area contributed by atoms with Crippen LogP contribution in [-0.2, 0) is 28.6 Å². The zero-order valence-corrected chi connectivity index (χ0v) is 11.8. The molecule has 0 radical (unpaired) electrons. The molecule has 1 atom stereocenters. The second-order valence-electron chi connectivity index (χ2n) is 4.10. The molecule has 0 spiro atoms. The van der Waals surface area contributed by atoms with E-state index in [0.717, 1.165) is 12.2 Å². The van der Waals surface area contributed by atoms with Crippen molar-refractivity contribution in [3.05, 3.63) is 12.2 Å². The van der Waals surface area contributed by atoms with Gasteiger partial charge in [-0.3, -0.25) is 4.79 Å². The van der Waals surface area contributed by atoms with Crippen LogP contribution in [0.5, 0.6) is 0 Å². The van der Waals surface area contributed by atoms with Gasteiger partial charge in [0.05, 0.1) is 7.11 Å². The van der Waals surface area contributed by atoms with Gasteiger partial charge in [-0.25, -0.2) is 9.59 Å². The molecule has 0 heterocycles. The van der Waals surface area contributed by atoms with E-state index in [1.54, 1.807) is 14.1 Å². The molecular weight excluding hydrogens is 254 g/mol. The van der Waals surface area contributed by atoms with Crippen LogP contribution in [0, 0.1) is 0 Å². The fraction of sp³-hybridized carbons (Fsp3) is 0.583. The summed E-state index contributed by atoms with van der Waals surface area (Å²) in [5.74, 6) is -1.77. The topological polar surface area (TPSA) is 82.1 Å². The number of hydrogen-bond acceptors (Lipinski definition) is 6. The van der Waals surface area contributed by atoms with E-state index >= 15 is 0 Å². The molecule has 0 aliphatic rings. The summed E-state index contributed by atoms with van der Waals surface area (Å²) < 4.78 is 14.3. The molecule has 0 aliphatic carbocycles. The number of nitrogens with zero attached hydrogens (tertiary/aromatic N) is 1. The maximum Gasteiger partial charge on any atom is 0.331 e. The van der Waals surface area contributed by atoms with Gasteiger partial charge in [-0.05, 0) is 6.92 Å². The van der Waals surface area contributed by atoms with Crippen LogP contribution >= 0.6 is 0 Å². The highest BCUT2D eigenvalue weighted by atomic mass is 16.6. The first-order valence-corrected chi connectivity index (χ1v) is 5.46. The summed E-state index contributed by atoms with van der Waals surface area (Å²) in [6, 6.07) is 0. The predicted octanol–water partition coefficient (Wildman–Crippen LogP) is -0.248. The molecule has 0 bridgehead atoms. The fourth-order valence-electron chi connectivity index (χ4n) is 1.14. The van der Waals surface area contributed by atoms with E-state index in [-0.39, 0.29) is 12.5 Å². The Hall–Kier alpha value is -1.89. The molecule has 0 N–H and O–H groups in total.